The predicted octanol–water partition coefficient (Wildman–Crippen LogP) is 7.83. The van der Waals surface area contributed by atoms with Crippen molar-refractivity contribution in [2.45, 2.75) is 62.2 Å². The third-order valence-corrected chi connectivity index (χ3v) is 24.9. The molecule has 2 aliphatic carbocycles. The molecule has 58 heavy (non-hydrogen) atoms. The number of hydrogen-bond donors (Lipinski definition) is 0. The first-order valence-corrected chi connectivity index (χ1v) is 32.4. The van der Waals surface area contributed by atoms with Crippen molar-refractivity contribution in [1.82, 2.24) is 0 Å². The van der Waals surface area contributed by atoms with Crippen LogP contribution >= 0.6 is 31.9 Å². The average molecular weight is 1040 g/mol. The molecule has 0 saturated heterocycles. The van der Waals surface area contributed by atoms with Gasteiger partial charge in [-0.3, -0.25) is 0 Å². The van der Waals surface area contributed by atoms with Crippen LogP contribution in [0.25, 0.3) is 33.4 Å². The van der Waals surface area contributed by atoms with E-state index < -0.39 is 37.4 Å². The summed E-state index contributed by atoms with van der Waals surface area (Å²) in [4.78, 5) is 0. The summed E-state index contributed by atoms with van der Waals surface area (Å²) >= 11 is 4.68. The predicted molar refractivity (Wildman–Crippen MR) is 253 cm³/mol. The van der Waals surface area contributed by atoms with Crippen molar-refractivity contribution >= 4 is 61.6 Å². The molecular weight excluding hydrogens is 991 g/mol. The SMILES string of the molecule is C[Si](C)(C)c1cc2c(cc1-c1ccc(Br)cc1)[CH]([Zr+2]([C]1=CC=CC1)=[C](Cc1ccccc1)Cc1ccccc1)c1cc(-c3ccc(Br)cc3)c([Si](C)(C)C)cc1-2.[Cl-].[Cl-]. The van der Waals surface area contributed by atoms with E-state index in [4.69, 9.17) is 0 Å². The maximum atomic E-state index is 3.74. The summed E-state index contributed by atoms with van der Waals surface area (Å²) in [5, 5.41) is 3.11. The molecule has 0 saturated carbocycles. The summed E-state index contributed by atoms with van der Waals surface area (Å²) in [5.41, 5.74) is 14.5. The van der Waals surface area contributed by atoms with Gasteiger partial charge in [-0.1, -0.05) is 0 Å². The second-order valence-electron chi connectivity index (χ2n) is 17.6. The zero-order valence-corrected chi connectivity index (χ0v) is 43.3. The quantitative estimate of drug-likeness (QED) is 0.123. The first-order valence-electron chi connectivity index (χ1n) is 19.9. The molecule has 0 unspecified atom stereocenters. The van der Waals surface area contributed by atoms with Gasteiger partial charge in [0.2, 0.25) is 0 Å². The molecule has 8 rings (SSSR count). The van der Waals surface area contributed by atoms with Crippen molar-refractivity contribution in [3.8, 4) is 33.4 Å². The number of hydrogen-bond acceptors (Lipinski definition) is 0. The Labute approximate surface area is 385 Å². The fourth-order valence-corrected chi connectivity index (χ4v) is 21.7. The number of fused-ring (bicyclic) bond motifs is 3. The van der Waals surface area contributed by atoms with Crippen molar-refractivity contribution in [2.24, 2.45) is 0 Å². The average Bonchev–Trinajstić information content (AvgIpc) is 3.81. The smallest absolute Gasteiger partial charge is 1.00 e. The van der Waals surface area contributed by atoms with E-state index in [9.17, 15) is 0 Å². The number of halogens is 4. The molecule has 0 N–H and O–H groups in total. The van der Waals surface area contributed by atoms with Crippen LogP contribution in [0.2, 0.25) is 39.3 Å². The largest absolute Gasteiger partial charge is 1.00 e. The fraction of sp³-hybridized carbons (Fsp3) is 0.196. The van der Waals surface area contributed by atoms with Crippen LogP contribution in [0.3, 0.4) is 0 Å². The second kappa shape index (κ2) is 18.6. The zero-order valence-electron chi connectivity index (χ0n) is 34.1. The molecule has 0 bridgehead atoms. The van der Waals surface area contributed by atoms with E-state index in [2.05, 4.69) is 223 Å². The minimum Gasteiger partial charge on any atom is -1.00 e. The topological polar surface area (TPSA) is 0 Å². The summed E-state index contributed by atoms with van der Waals surface area (Å²) in [6.07, 6.45) is 10.4. The molecular formula is C51H50Br2Cl2Si2Zr. The van der Waals surface area contributed by atoms with E-state index in [1.54, 1.807) is 28.0 Å². The van der Waals surface area contributed by atoms with Gasteiger partial charge in [-0.05, 0) is 0 Å². The van der Waals surface area contributed by atoms with Crippen LogP contribution in [-0.2, 0) is 34.1 Å². The normalized spacial score (nSPS) is 13.1. The maximum Gasteiger partial charge on any atom is -1.00 e. The van der Waals surface area contributed by atoms with E-state index in [-0.39, 0.29) is 24.8 Å². The van der Waals surface area contributed by atoms with E-state index in [0.717, 1.165) is 28.2 Å². The van der Waals surface area contributed by atoms with Crippen LogP contribution in [0.4, 0.5) is 0 Å². The molecule has 0 nitrogen and oxygen atoms in total. The van der Waals surface area contributed by atoms with Gasteiger partial charge in [0, 0.05) is 0 Å². The van der Waals surface area contributed by atoms with Gasteiger partial charge in [0.15, 0.2) is 0 Å². The summed E-state index contributed by atoms with van der Waals surface area (Å²) in [6, 6.07) is 51.5. The Hall–Kier alpha value is -2.47. The summed E-state index contributed by atoms with van der Waals surface area (Å²) in [6.45, 7) is 15.1. The van der Waals surface area contributed by atoms with Gasteiger partial charge in [0.05, 0.1) is 0 Å². The Balaban J connectivity index is 0.00000283. The van der Waals surface area contributed by atoms with E-state index in [0.29, 0.717) is 3.63 Å². The Morgan fingerprint density at radius 3 is 1.33 bits per heavy atom. The van der Waals surface area contributed by atoms with Gasteiger partial charge >= 0.3 is 365 Å². The fourth-order valence-electron chi connectivity index (χ4n) is 8.83. The molecule has 294 valence electrons. The van der Waals surface area contributed by atoms with E-state index in [1.807, 2.05) is 0 Å². The third-order valence-electron chi connectivity index (χ3n) is 11.5. The van der Waals surface area contributed by atoms with Gasteiger partial charge in [-0.25, -0.2) is 0 Å². The van der Waals surface area contributed by atoms with Crippen LogP contribution in [-0.4, -0.2) is 19.4 Å². The van der Waals surface area contributed by atoms with Gasteiger partial charge in [0.25, 0.3) is 0 Å². The maximum absolute atomic E-state index is 3.74. The van der Waals surface area contributed by atoms with Crippen LogP contribution in [0, 0.1) is 0 Å². The molecule has 0 heterocycles. The molecule has 6 aromatic rings. The van der Waals surface area contributed by atoms with Crippen LogP contribution in [0.5, 0.6) is 0 Å². The standard InChI is InChI=1S/C31H31Br2Si2.C15H14.C5H5.2ClH.Zr/c1-34(2,3)30-18-26-22(16-28(30)20-7-11-24(32)12-8-20)15-23-17-29(21-9-13-25(33)14-10-21)31(19-27(23)26)35(4,5)6;1-3-8-14(9-4-1)12-7-13-15-10-5-2-6-11-15;1-2-4-5-3-1;;;/h7-19H,1-6H3;1-6,8-11H,12-13H2;1-3H,4H2;2*1H;/q;;;;;+2/p-2. The van der Waals surface area contributed by atoms with Crippen molar-refractivity contribution in [2.75, 3.05) is 0 Å². The molecule has 0 amide bonds. The first-order chi connectivity index (χ1) is 26.8. The van der Waals surface area contributed by atoms with Crippen LogP contribution in [0.15, 0.2) is 164 Å². The van der Waals surface area contributed by atoms with Crippen LogP contribution < -0.4 is 35.2 Å². The number of rotatable bonds is 10. The first kappa shape index (κ1) is 45.1. The third kappa shape index (κ3) is 9.52. The van der Waals surface area contributed by atoms with E-state index in [1.165, 1.54) is 44.5 Å². The Kier molecular flexibility index (Phi) is 14.5. The van der Waals surface area contributed by atoms with Gasteiger partial charge in [-0.2, -0.15) is 0 Å². The van der Waals surface area contributed by atoms with Gasteiger partial charge < -0.3 is 24.8 Å². The molecule has 0 radical (unpaired) electrons. The molecule has 2 aliphatic rings. The molecule has 7 heteroatoms. The van der Waals surface area contributed by atoms with Crippen LogP contribution in [0.1, 0.15) is 32.3 Å². The van der Waals surface area contributed by atoms with Gasteiger partial charge in [0.1, 0.15) is 0 Å². The van der Waals surface area contributed by atoms with Crippen molar-refractivity contribution in [1.29, 1.82) is 0 Å². The molecule has 0 aliphatic heterocycles. The number of allylic oxidation sites excluding steroid dienone is 4. The Bertz CT molecular complexity index is 2360. The molecule has 0 spiro atoms. The minimum atomic E-state index is -2.79. The summed E-state index contributed by atoms with van der Waals surface area (Å²) in [7, 11) is -3.55. The number of benzene rings is 6. The monoisotopic (exact) mass is 1040 g/mol. The van der Waals surface area contributed by atoms with Crippen molar-refractivity contribution < 1.29 is 46.1 Å². The van der Waals surface area contributed by atoms with Crippen molar-refractivity contribution in [3.05, 3.63) is 186 Å². The second-order valence-corrected chi connectivity index (χ2v) is 36.3. The molecule has 0 atom stereocenters. The Morgan fingerprint density at radius 2 is 0.966 bits per heavy atom. The molecule has 0 aromatic heterocycles. The Morgan fingerprint density at radius 1 is 0.552 bits per heavy atom. The minimum absolute atomic E-state index is 0. The summed E-state index contributed by atoms with van der Waals surface area (Å²) < 4.78 is 6.11. The molecule has 0 fully saturated rings. The molecule has 6 aromatic carbocycles. The van der Waals surface area contributed by atoms with Gasteiger partial charge in [-0.15, -0.1) is 0 Å². The van der Waals surface area contributed by atoms with E-state index >= 15 is 0 Å². The zero-order chi connectivity index (χ0) is 39.2. The van der Waals surface area contributed by atoms with Crippen molar-refractivity contribution in [3.63, 3.8) is 0 Å². The summed E-state index contributed by atoms with van der Waals surface area (Å²) in [5.74, 6) is 0.